The largest absolute Gasteiger partial charge is 0.377 e. The van der Waals surface area contributed by atoms with Gasteiger partial charge in [-0.25, -0.2) is 9.37 Å². The summed E-state index contributed by atoms with van der Waals surface area (Å²) in [5.74, 6) is -0.450. The van der Waals surface area contributed by atoms with Gasteiger partial charge in [-0.3, -0.25) is 0 Å². The predicted octanol–water partition coefficient (Wildman–Crippen LogP) is 3.96. The molecule has 18 heavy (non-hydrogen) atoms. The number of aryl methyl sites for hydroxylation is 1. The lowest BCUT2D eigenvalue weighted by atomic mass is 10.3. The minimum absolute atomic E-state index is 0.266. The molecule has 0 saturated carbocycles. The lowest BCUT2D eigenvalue weighted by molar-refractivity contribution is 0.628. The van der Waals surface area contributed by atoms with Gasteiger partial charge >= 0.3 is 0 Å². The molecule has 2 rings (SSSR count). The SMILES string of the molecule is CCn1cncc1CNc1c(Cl)cc(F)cc1Cl. The van der Waals surface area contributed by atoms with E-state index in [-0.39, 0.29) is 10.0 Å². The normalized spacial score (nSPS) is 10.7. The summed E-state index contributed by atoms with van der Waals surface area (Å²) in [6.45, 7) is 3.39. The Hall–Kier alpha value is -1.26. The summed E-state index contributed by atoms with van der Waals surface area (Å²) in [4.78, 5) is 4.06. The van der Waals surface area contributed by atoms with Crippen LogP contribution in [0.15, 0.2) is 24.7 Å². The maximum absolute atomic E-state index is 13.0. The second-order valence-corrected chi connectivity index (χ2v) is 4.58. The minimum Gasteiger partial charge on any atom is -0.377 e. The molecule has 0 unspecified atom stereocenters. The van der Waals surface area contributed by atoms with Crippen molar-refractivity contribution in [3.05, 3.63) is 46.2 Å². The molecule has 2 aromatic rings. The van der Waals surface area contributed by atoms with Crippen molar-refractivity contribution in [3.8, 4) is 0 Å². The fourth-order valence-electron chi connectivity index (χ4n) is 1.67. The van der Waals surface area contributed by atoms with Crippen LogP contribution in [0.25, 0.3) is 0 Å². The molecule has 0 fully saturated rings. The van der Waals surface area contributed by atoms with Crippen LogP contribution in [-0.2, 0) is 13.1 Å². The van der Waals surface area contributed by atoms with Crippen LogP contribution in [0, 0.1) is 5.82 Å². The molecule has 96 valence electrons. The van der Waals surface area contributed by atoms with Crippen LogP contribution in [0.1, 0.15) is 12.6 Å². The van der Waals surface area contributed by atoms with Crippen LogP contribution >= 0.6 is 23.2 Å². The summed E-state index contributed by atoms with van der Waals surface area (Å²) in [5.41, 5.74) is 1.54. The van der Waals surface area contributed by atoms with E-state index in [1.54, 1.807) is 12.5 Å². The fraction of sp³-hybridized carbons (Fsp3) is 0.250. The zero-order valence-electron chi connectivity index (χ0n) is 9.75. The van der Waals surface area contributed by atoms with Crippen molar-refractivity contribution in [3.63, 3.8) is 0 Å². The monoisotopic (exact) mass is 287 g/mol. The summed E-state index contributed by atoms with van der Waals surface area (Å²) in [5, 5.41) is 3.63. The number of imidazole rings is 1. The van der Waals surface area contributed by atoms with Gasteiger partial charge in [-0.15, -0.1) is 0 Å². The molecule has 0 radical (unpaired) electrons. The first-order valence-corrected chi connectivity index (χ1v) is 6.24. The minimum atomic E-state index is -0.450. The van der Waals surface area contributed by atoms with E-state index in [4.69, 9.17) is 23.2 Å². The van der Waals surface area contributed by atoms with Gasteiger partial charge in [0.25, 0.3) is 0 Å². The van der Waals surface area contributed by atoms with E-state index in [9.17, 15) is 4.39 Å². The molecular weight excluding hydrogens is 276 g/mol. The molecule has 0 aliphatic heterocycles. The average Bonchev–Trinajstić information content (AvgIpc) is 2.75. The number of nitrogens with zero attached hydrogens (tertiary/aromatic N) is 2. The van der Waals surface area contributed by atoms with E-state index in [0.717, 1.165) is 12.2 Å². The van der Waals surface area contributed by atoms with Gasteiger partial charge in [0.2, 0.25) is 0 Å². The van der Waals surface area contributed by atoms with Crippen molar-refractivity contribution in [2.75, 3.05) is 5.32 Å². The molecule has 0 aliphatic carbocycles. The van der Waals surface area contributed by atoms with Gasteiger partial charge in [-0.05, 0) is 19.1 Å². The highest BCUT2D eigenvalue weighted by molar-refractivity contribution is 6.39. The zero-order chi connectivity index (χ0) is 13.1. The van der Waals surface area contributed by atoms with Crippen molar-refractivity contribution < 1.29 is 4.39 Å². The number of nitrogens with one attached hydrogen (secondary N) is 1. The van der Waals surface area contributed by atoms with Crippen LogP contribution in [0.5, 0.6) is 0 Å². The Morgan fingerprint density at radius 2 is 2.00 bits per heavy atom. The highest BCUT2D eigenvalue weighted by Gasteiger charge is 2.09. The molecule has 0 saturated heterocycles. The second kappa shape index (κ2) is 5.59. The molecule has 1 heterocycles. The van der Waals surface area contributed by atoms with Gasteiger partial charge in [0.05, 0.1) is 34.3 Å². The summed E-state index contributed by atoms with van der Waals surface area (Å²) in [6.07, 6.45) is 3.52. The van der Waals surface area contributed by atoms with E-state index in [0.29, 0.717) is 12.2 Å². The maximum atomic E-state index is 13.0. The highest BCUT2D eigenvalue weighted by atomic mass is 35.5. The molecule has 0 atom stereocenters. The first kappa shape index (κ1) is 13.2. The fourth-order valence-corrected chi connectivity index (χ4v) is 2.26. The Kier molecular flexibility index (Phi) is 4.09. The Morgan fingerprint density at radius 3 is 2.61 bits per heavy atom. The van der Waals surface area contributed by atoms with Crippen LogP contribution in [0.2, 0.25) is 10.0 Å². The van der Waals surface area contributed by atoms with Crippen molar-refractivity contribution >= 4 is 28.9 Å². The Balaban J connectivity index is 2.16. The number of hydrogen-bond donors (Lipinski definition) is 1. The lowest BCUT2D eigenvalue weighted by Gasteiger charge is -2.11. The number of rotatable bonds is 4. The van der Waals surface area contributed by atoms with E-state index in [1.807, 2.05) is 11.5 Å². The third-order valence-electron chi connectivity index (χ3n) is 2.59. The van der Waals surface area contributed by atoms with Gasteiger partial charge in [0.1, 0.15) is 5.82 Å². The Bertz CT molecular complexity index is 531. The quantitative estimate of drug-likeness (QED) is 0.922. The molecule has 6 heteroatoms. The Morgan fingerprint density at radius 1 is 1.33 bits per heavy atom. The van der Waals surface area contributed by atoms with Gasteiger partial charge < -0.3 is 9.88 Å². The molecular formula is C12H12Cl2FN3. The predicted molar refractivity (Wildman–Crippen MR) is 71.6 cm³/mol. The zero-order valence-corrected chi connectivity index (χ0v) is 11.3. The van der Waals surface area contributed by atoms with E-state index >= 15 is 0 Å². The van der Waals surface area contributed by atoms with Gasteiger partial charge in [0.15, 0.2) is 0 Å². The van der Waals surface area contributed by atoms with Crippen molar-refractivity contribution in [2.24, 2.45) is 0 Å². The van der Waals surface area contributed by atoms with Gasteiger partial charge in [-0.2, -0.15) is 0 Å². The lowest BCUT2D eigenvalue weighted by Crippen LogP contribution is -2.06. The number of anilines is 1. The van der Waals surface area contributed by atoms with E-state index < -0.39 is 5.82 Å². The van der Waals surface area contributed by atoms with Crippen molar-refractivity contribution in [1.82, 2.24) is 9.55 Å². The Labute approximate surface area is 115 Å². The molecule has 0 aliphatic rings. The molecule has 0 spiro atoms. The number of hydrogen-bond acceptors (Lipinski definition) is 2. The number of aromatic nitrogens is 2. The van der Waals surface area contributed by atoms with Crippen LogP contribution in [0.4, 0.5) is 10.1 Å². The van der Waals surface area contributed by atoms with E-state index in [2.05, 4.69) is 10.3 Å². The van der Waals surface area contributed by atoms with Crippen molar-refractivity contribution in [2.45, 2.75) is 20.0 Å². The van der Waals surface area contributed by atoms with Crippen molar-refractivity contribution in [1.29, 1.82) is 0 Å². The molecule has 1 aromatic heterocycles. The van der Waals surface area contributed by atoms with Gasteiger partial charge in [0, 0.05) is 12.7 Å². The summed E-state index contributed by atoms with van der Waals surface area (Å²) in [7, 11) is 0. The molecule has 3 nitrogen and oxygen atoms in total. The third-order valence-corrected chi connectivity index (χ3v) is 3.19. The van der Waals surface area contributed by atoms with Gasteiger partial charge in [-0.1, -0.05) is 23.2 Å². The number of benzene rings is 1. The molecule has 0 amide bonds. The summed E-state index contributed by atoms with van der Waals surface area (Å²) in [6, 6.07) is 2.46. The topological polar surface area (TPSA) is 29.9 Å². The standard InChI is InChI=1S/C12H12Cl2FN3/c1-2-18-7-16-5-9(18)6-17-12-10(13)3-8(15)4-11(12)14/h3-5,7,17H,2,6H2,1H3. The first-order valence-electron chi connectivity index (χ1n) is 5.49. The molecule has 1 N–H and O–H groups in total. The average molecular weight is 288 g/mol. The molecule has 1 aromatic carbocycles. The van der Waals surface area contributed by atoms with Crippen LogP contribution < -0.4 is 5.32 Å². The van der Waals surface area contributed by atoms with Crippen LogP contribution in [-0.4, -0.2) is 9.55 Å². The smallest absolute Gasteiger partial charge is 0.126 e. The summed E-state index contributed by atoms with van der Waals surface area (Å²) >= 11 is 11.9. The molecule has 0 bridgehead atoms. The maximum Gasteiger partial charge on any atom is 0.126 e. The third kappa shape index (κ3) is 2.76. The van der Waals surface area contributed by atoms with Crippen LogP contribution in [0.3, 0.4) is 0 Å². The first-order chi connectivity index (χ1) is 8.61. The number of halogens is 3. The summed E-state index contributed by atoms with van der Waals surface area (Å²) < 4.78 is 15.0. The second-order valence-electron chi connectivity index (χ2n) is 3.77. The van der Waals surface area contributed by atoms with E-state index in [1.165, 1.54) is 12.1 Å². The highest BCUT2D eigenvalue weighted by Crippen LogP contribution is 2.31.